The SMILES string of the molecule is CCC(Nc1nccn2nc(C)cc12)c1ccccc1. The van der Waals surface area contributed by atoms with E-state index in [2.05, 4.69) is 46.6 Å². The maximum atomic E-state index is 4.46. The first kappa shape index (κ1) is 12.7. The maximum absolute atomic E-state index is 4.46. The van der Waals surface area contributed by atoms with Crippen LogP contribution in [0, 0.1) is 6.92 Å². The minimum atomic E-state index is 0.255. The predicted octanol–water partition coefficient (Wildman–Crippen LogP) is 3.60. The van der Waals surface area contributed by atoms with Crippen LogP contribution in [0.25, 0.3) is 5.52 Å². The molecule has 0 aliphatic carbocycles. The number of aryl methyl sites for hydroxylation is 1. The number of benzene rings is 1. The molecule has 4 heteroatoms. The summed E-state index contributed by atoms with van der Waals surface area (Å²) in [5.74, 6) is 0.879. The van der Waals surface area contributed by atoms with E-state index in [1.807, 2.05) is 29.8 Å². The Morgan fingerprint density at radius 3 is 2.80 bits per heavy atom. The van der Waals surface area contributed by atoms with Gasteiger partial charge in [0, 0.05) is 12.4 Å². The maximum Gasteiger partial charge on any atom is 0.152 e. The van der Waals surface area contributed by atoms with E-state index in [0.717, 1.165) is 23.4 Å². The van der Waals surface area contributed by atoms with Crippen molar-refractivity contribution in [1.82, 2.24) is 14.6 Å². The molecule has 3 aromatic rings. The Morgan fingerprint density at radius 2 is 2.05 bits per heavy atom. The Hall–Kier alpha value is -2.36. The summed E-state index contributed by atoms with van der Waals surface area (Å²) in [6.45, 7) is 4.16. The summed E-state index contributed by atoms with van der Waals surface area (Å²) in [7, 11) is 0. The van der Waals surface area contributed by atoms with Crippen molar-refractivity contribution in [2.45, 2.75) is 26.3 Å². The third kappa shape index (κ3) is 2.37. The zero-order valence-electron chi connectivity index (χ0n) is 11.7. The zero-order valence-corrected chi connectivity index (χ0v) is 11.7. The molecule has 4 nitrogen and oxygen atoms in total. The van der Waals surface area contributed by atoms with Crippen molar-refractivity contribution >= 4 is 11.3 Å². The van der Waals surface area contributed by atoms with Crippen molar-refractivity contribution in [3.8, 4) is 0 Å². The molecule has 0 aliphatic rings. The summed E-state index contributed by atoms with van der Waals surface area (Å²) < 4.78 is 1.86. The lowest BCUT2D eigenvalue weighted by Gasteiger charge is -2.18. The number of anilines is 1. The fraction of sp³-hybridized carbons (Fsp3) is 0.250. The fourth-order valence-corrected chi connectivity index (χ4v) is 2.43. The average Bonchev–Trinajstić information content (AvgIpc) is 2.86. The van der Waals surface area contributed by atoms with Gasteiger partial charge in [-0.25, -0.2) is 9.50 Å². The summed E-state index contributed by atoms with van der Waals surface area (Å²) in [5, 5.41) is 7.95. The van der Waals surface area contributed by atoms with E-state index in [0.29, 0.717) is 0 Å². The highest BCUT2D eigenvalue weighted by atomic mass is 15.2. The van der Waals surface area contributed by atoms with Gasteiger partial charge in [-0.2, -0.15) is 5.10 Å². The molecule has 1 N–H and O–H groups in total. The van der Waals surface area contributed by atoms with Gasteiger partial charge < -0.3 is 5.32 Å². The normalized spacial score (nSPS) is 12.5. The number of nitrogens with zero attached hydrogens (tertiary/aromatic N) is 3. The highest BCUT2D eigenvalue weighted by Gasteiger charge is 2.12. The molecule has 0 saturated heterocycles. The molecule has 0 aliphatic heterocycles. The van der Waals surface area contributed by atoms with Gasteiger partial charge in [0.2, 0.25) is 0 Å². The summed E-state index contributed by atoms with van der Waals surface area (Å²) in [4.78, 5) is 4.46. The lowest BCUT2D eigenvalue weighted by Crippen LogP contribution is -2.11. The standard InChI is InChI=1S/C16H18N4/c1-3-14(13-7-5-4-6-8-13)18-16-15-11-12(2)19-20(15)10-9-17-16/h4-11,14H,3H2,1-2H3,(H,17,18). The monoisotopic (exact) mass is 266 g/mol. The molecule has 0 amide bonds. The first-order chi connectivity index (χ1) is 9.78. The van der Waals surface area contributed by atoms with Crippen LogP contribution in [0.3, 0.4) is 0 Å². The Morgan fingerprint density at radius 1 is 1.25 bits per heavy atom. The Kier molecular flexibility index (Phi) is 3.37. The topological polar surface area (TPSA) is 42.2 Å². The summed E-state index contributed by atoms with van der Waals surface area (Å²) in [6.07, 6.45) is 4.65. The minimum Gasteiger partial charge on any atom is -0.361 e. The van der Waals surface area contributed by atoms with Crippen LogP contribution in [0.5, 0.6) is 0 Å². The molecule has 102 valence electrons. The third-order valence-electron chi connectivity index (χ3n) is 3.43. The van der Waals surface area contributed by atoms with Crippen molar-refractivity contribution in [2.75, 3.05) is 5.32 Å². The molecule has 2 heterocycles. The Bertz CT molecular complexity index is 703. The van der Waals surface area contributed by atoms with Gasteiger partial charge >= 0.3 is 0 Å². The first-order valence-corrected chi connectivity index (χ1v) is 6.90. The molecular formula is C16H18N4. The van der Waals surface area contributed by atoms with Crippen molar-refractivity contribution in [2.24, 2.45) is 0 Å². The molecule has 1 aromatic carbocycles. The van der Waals surface area contributed by atoms with Gasteiger partial charge in [-0.05, 0) is 25.0 Å². The molecule has 20 heavy (non-hydrogen) atoms. The van der Waals surface area contributed by atoms with Gasteiger partial charge in [0.1, 0.15) is 5.52 Å². The second-order valence-electron chi connectivity index (χ2n) is 4.91. The number of rotatable bonds is 4. The van der Waals surface area contributed by atoms with E-state index in [1.54, 1.807) is 6.20 Å². The highest BCUT2D eigenvalue weighted by Crippen LogP contribution is 2.24. The average molecular weight is 266 g/mol. The van der Waals surface area contributed by atoms with Crippen molar-refractivity contribution in [3.63, 3.8) is 0 Å². The minimum absolute atomic E-state index is 0.255. The van der Waals surface area contributed by atoms with Crippen molar-refractivity contribution in [3.05, 3.63) is 60.0 Å². The van der Waals surface area contributed by atoms with Crippen molar-refractivity contribution < 1.29 is 0 Å². The number of hydrogen-bond acceptors (Lipinski definition) is 3. The fourth-order valence-electron chi connectivity index (χ4n) is 2.43. The van der Waals surface area contributed by atoms with Crippen LogP contribution in [0.4, 0.5) is 5.82 Å². The van der Waals surface area contributed by atoms with Crippen LogP contribution in [-0.4, -0.2) is 14.6 Å². The lowest BCUT2D eigenvalue weighted by atomic mass is 10.0. The molecule has 0 saturated carbocycles. The first-order valence-electron chi connectivity index (χ1n) is 6.90. The molecule has 1 atom stereocenters. The summed E-state index contributed by atoms with van der Waals surface area (Å²) in [5.41, 5.74) is 3.28. The summed E-state index contributed by atoms with van der Waals surface area (Å²) in [6, 6.07) is 12.8. The smallest absolute Gasteiger partial charge is 0.152 e. The highest BCUT2D eigenvalue weighted by molar-refractivity contribution is 5.68. The van der Waals surface area contributed by atoms with Gasteiger partial charge in [0.05, 0.1) is 11.7 Å². The molecule has 1 unspecified atom stereocenters. The molecule has 0 bridgehead atoms. The van der Waals surface area contributed by atoms with Gasteiger partial charge in [-0.1, -0.05) is 37.3 Å². The number of hydrogen-bond donors (Lipinski definition) is 1. The molecule has 0 fully saturated rings. The molecule has 3 rings (SSSR count). The molecule has 2 aromatic heterocycles. The summed E-state index contributed by atoms with van der Waals surface area (Å²) >= 11 is 0. The largest absolute Gasteiger partial charge is 0.361 e. The van der Waals surface area contributed by atoms with E-state index in [9.17, 15) is 0 Å². The van der Waals surface area contributed by atoms with Crippen LogP contribution in [0.15, 0.2) is 48.8 Å². The zero-order chi connectivity index (χ0) is 13.9. The second-order valence-corrected chi connectivity index (χ2v) is 4.91. The van der Waals surface area contributed by atoms with E-state index in [-0.39, 0.29) is 6.04 Å². The quantitative estimate of drug-likeness (QED) is 0.784. The van der Waals surface area contributed by atoms with Crippen LogP contribution >= 0.6 is 0 Å². The van der Waals surface area contributed by atoms with Gasteiger partial charge in [0.15, 0.2) is 5.82 Å². The molecule has 0 spiro atoms. The van der Waals surface area contributed by atoms with Crippen LogP contribution in [0.1, 0.15) is 30.6 Å². The number of aromatic nitrogens is 3. The Labute approximate surface area is 118 Å². The number of nitrogens with one attached hydrogen (secondary N) is 1. The van der Waals surface area contributed by atoms with Crippen LogP contribution < -0.4 is 5.32 Å². The Balaban J connectivity index is 1.95. The predicted molar refractivity (Wildman–Crippen MR) is 80.8 cm³/mol. The van der Waals surface area contributed by atoms with E-state index in [4.69, 9.17) is 0 Å². The van der Waals surface area contributed by atoms with Crippen LogP contribution in [0.2, 0.25) is 0 Å². The van der Waals surface area contributed by atoms with E-state index < -0.39 is 0 Å². The third-order valence-corrected chi connectivity index (χ3v) is 3.43. The molecule has 0 radical (unpaired) electrons. The van der Waals surface area contributed by atoms with Gasteiger partial charge in [-0.3, -0.25) is 0 Å². The van der Waals surface area contributed by atoms with E-state index in [1.165, 1.54) is 5.56 Å². The van der Waals surface area contributed by atoms with Crippen LogP contribution in [-0.2, 0) is 0 Å². The molecular weight excluding hydrogens is 248 g/mol. The van der Waals surface area contributed by atoms with Crippen molar-refractivity contribution in [1.29, 1.82) is 0 Å². The van der Waals surface area contributed by atoms with Gasteiger partial charge in [0.25, 0.3) is 0 Å². The van der Waals surface area contributed by atoms with E-state index >= 15 is 0 Å². The second kappa shape index (κ2) is 5.33. The van der Waals surface area contributed by atoms with Gasteiger partial charge in [-0.15, -0.1) is 0 Å². The number of fused-ring (bicyclic) bond motifs is 1. The lowest BCUT2D eigenvalue weighted by molar-refractivity contribution is 0.744.